The Morgan fingerprint density at radius 1 is 1.03 bits per heavy atom. The van der Waals surface area contributed by atoms with Gasteiger partial charge in [0.25, 0.3) is 0 Å². The quantitative estimate of drug-likeness (QED) is 0.534. The van der Waals surface area contributed by atoms with E-state index < -0.39 is 5.60 Å². The van der Waals surface area contributed by atoms with Crippen LogP contribution >= 0.6 is 0 Å². The molecular formula is C33H41NO2. The van der Waals surface area contributed by atoms with Crippen LogP contribution in [-0.4, -0.2) is 40.5 Å². The number of hydrogen-bond acceptors (Lipinski definition) is 3. The highest BCUT2D eigenvalue weighted by Gasteiger charge is 2.60. The monoisotopic (exact) mass is 483 g/mol. The lowest BCUT2D eigenvalue weighted by atomic mass is 9.55. The number of ketones is 1. The van der Waals surface area contributed by atoms with Gasteiger partial charge in [0, 0.05) is 11.8 Å². The molecule has 1 aromatic carbocycles. The summed E-state index contributed by atoms with van der Waals surface area (Å²) in [6, 6.07) is 10.9. The van der Waals surface area contributed by atoms with Crippen LogP contribution in [0.3, 0.4) is 0 Å². The average molecular weight is 484 g/mol. The second kappa shape index (κ2) is 9.62. The largest absolute Gasteiger partial charge is 0.377 e. The van der Waals surface area contributed by atoms with Crippen LogP contribution in [-0.2, 0) is 11.2 Å². The maximum absolute atomic E-state index is 12.2. The van der Waals surface area contributed by atoms with E-state index in [9.17, 15) is 9.90 Å². The average Bonchev–Trinajstić information content (AvgIpc) is 3.18. The minimum Gasteiger partial charge on any atom is -0.377 e. The summed E-state index contributed by atoms with van der Waals surface area (Å²) in [6.07, 6.45) is 14.4. The third kappa shape index (κ3) is 4.21. The summed E-state index contributed by atoms with van der Waals surface area (Å²) in [5, 5.41) is 12.2. The molecule has 1 heterocycles. The van der Waals surface area contributed by atoms with Crippen molar-refractivity contribution >= 4 is 5.78 Å². The molecule has 190 valence electrons. The van der Waals surface area contributed by atoms with Crippen LogP contribution in [0.5, 0.6) is 0 Å². The molecule has 5 aliphatic rings. The van der Waals surface area contributed by atoms with Gasteiger partial charge in [-0.3, -0.25) is 9.69 Å². The number of aliphatic hydroxyl groups is 1. The van der Waals surface area contributed by atoms with Crippen molar-refractivity contribution in [1.82, 2.24) is 4.90 Å². The molecule has 1 N–H and O–H groups in total. The lowest BCUT2D eigenvalue weighted by Crippen LogP contribution is -2.49. The second-order valence-electron chi connectivity index (χ2n) is 12.3. The van der Waals surface area contributed by atoms with E-state index in [2.05, 4.69) is 54.0 Å². The number of hydrogen-bond donors (Lipinski definition) is 1. The first kappa shape index (κ1) is 24.2. The number of likely N-dealkylation sites (tertiary alicyclic amines) is 1. The van der Waals surface area contributed by atoms with E-state index in [1.807, 2.05) is 6.08 Å². The molecule has 1 aliphatic heterocycles. The van der Waals surface area contributed by atoms with E-state index in [0.717, 1.165) is 64.5 Å². The van der Waals surface area contributed by atoms with E-state index in [1.54, 1.807) is 5.57 Å². The van der Waals surface area contributed by atoms with Gasteiger partial charge in [-0.05, 0) is 112 Å². The van der Waals surface area contributed by atoms with E-state index in [-0.39, 0.29) is 11.5 Å². The Bertz CT molecular complexity index is 1130. The van der Waals surface area contributed by atoms with E-state index >= 15 is 0 Å². The van der Waals surface area contributed by atoms with Gasteiger partial charge >= 0.3 is 0 Å². The fourth-order valence-corrected chi connectivity index (χ4v) is 8.30. The predicted molar refractivity (Wildman–Crippen MR) is 144 cm³/mol. The summed E-state index contributed by atoms with van der Waals surface area (Å²) in [6.45, 7) is 4.56. The van der Waals surface area contributed by atoms with Gasteiger partial charge in [-0.1, -0.05) is 61.1 Å². The summed E-state index contributed by atoms with van der Waals surface area (Å²) < 4.78 is 0. The highest BCUT2D eigenvalue weighted by atomic mass is 16.3. The Morgan fingerprint density at radius 2 is 1.83 bits per heavy atom. The Labute approximate surface area is 217 Å². The molecule has 4 aliphatic carbocycles. The summed E-state index contributed by atoms with van der Waals surface area (Å²) in [5.74, 6) is 8.59. The Hall–Kier alpha value is -2.15. The minimum atomic E-state index is -0.906. The van der Waals surface area contributed by atoms with Crippen molar-refractivity contribution in [2.45, 2.75) is 95.6 Å². The molecule has 6 rings (SSSR count). The van der Waals surface area contributed by atoms with Crippen molar-refractivity contribution < 1.29 is 9.90 Å². The number of piperidine rings is 1. The fraction of sp³-hybridized carbons (Fsp3) is 0.606. The lowest BCUT2D eigenvalue weighted by molar-refractivity contribution is -0.114. The van der Waals surface area contributed by atoms with E-state index in [4.69, 9.17) is 0 Å². The van der Waals surface area contributed by atoms with Crippen molar-refractivity contribution in [3.8, 4) is 11.8 Å². The van der Waals surface area contributed by atoms with Crippen molar-refractivity contribution in [1.29, 1.82) is 0 Å². The molecule has 3 heteroatoms. The molecular weight excluding hydrogens is 442 g/mol. The van der Waals surface area contributed by atoms with Crippen LogP contribution in [0, 0.1) is 29.1 Å². The van der Waals surface area contributed by atoms with Gasteiger partial charge in [0.05, 0.1) is 6.04 Å². The highest BCUT2D eigenvalue weighted by Crippen LogP contribution is 2.63. The maximum atomic E-state index is 12.2. The first-order valence-corrected chi connectivity index (χ1v) is 14.5. The summed E-state index contributed by atoms with van der Waals surface area (Å²) in [7, 11) is 0. The number of allylic oxidation sites excluding steroid dienone is 4. The third-order valence-corrected chi connectivity index (χ3v) is 10.4. The van der Waals surface area contributed by atoms with Crippen LogP contribution in [0.2, 0.25) is 0 Å². The summed E-state index contributed by atoms with van der Waals surface area (Å²) >= 11 is 0. The molecule has 3 nitrogen and oxygen atoms in total. The van der Waals surface area contributed by atoms with E-state index in [0.29, 0.717) is 24.0 Å². The van der Waals surface area contributed by atoms with Crippen LogP contribution in [0.25, 0.3) is 0 Å². The molecule has 3 fully saturated rings. The van der Waals surface area contributed by atoms with Crippen molar-refractivity contribution in [2.75, 3.05) is 13.1 Å². The predicted octanol–water partition coefficient (Wildman–Crippen LogP) is 6.02. The van der Waals surface area contributed by atoms with Crippen LogP contribution < -0.4 is 0 Å². The zero-order chi connectivity index (χ0) is 24.8. The topological polar surface area (TPSA) is 40.5 Å². The van der Waals surface area contributed by atoms with Gasteiger partial charge in [0.2, 0.25) is 0 Å². The normalized spacial score (nSPS) is 35.2. The Balaban J connectivity index is 1.27. The molecule has 0 bridgehead atoms. The molecule has 0 radical (unpaired) electrons. The first-order chi connectivity index (χ1) is 17.5. The standard InChI is InChI=1S/C33H41NO2/c1-32-17-15-29-28-13-11-27(35)23-25(28)10-12-30(29)31(32)16-19-33(32,36)18-14-26(34-20-6-3-7-21-34)22-24-8-4-2-5-9-24/h2,4-5,8-9,23,26,30-31,36H,3,6-7,10-13,15-17,19-22H2,1H3/t26?,30-,31+,32+,33+/m1/s1. The number of fused-ring (bicyclic) bond motifs is 4. The molecule has 1 aromatic rings. The van der Waals surface area contributed by atoms with Gasteiger partial charge in [0.1, 0.15) is 5.60 Å². The van der Waals surface area contributed by atoms with Gasteiger partial charge in [-0.2, -0.15) is 0 Å². The summed E-state index contributed by atoms with van der Waals surface area (Å²) in [5.41, 5.74) is 4.71. The molecule has 0 aromatic heterocycles. The van der Waals surface area contributed by atoms with Crippen LogP contribution in [0.15, 0.2) is 53.1 Å². The minimum absolute atomic E-state index is 0.153. The maximum Gasteiger partial charge on any atom is 0.156 e. The zero-order valence-electron chi connectivity index (χ0n) is 21.9. The Morgan fingerprint density at radius 3 is 2.64 bits per heavy atom. The van der Waals surface area contributed by atoms with Gasteiger partial charge in [-0.25, -0.2) is 0 Å². The van der Waals surface area contributed by atoms with Gasteiger partial charge in [0.15, 0.2) is 5.78 Å². The van der Waals surface area contributed by atoms with Gasteiger partial charge in [-0.15, -0.1) is 0 Å². The molecule has 2 saturated carbocycles. The SMILES string of the molecule is C[C@]12CCC3=C4CCC(=O)C=C4CC[C@H]3[C@@H]1CC[C@@]2(O)C#CC(Cc1ccccc1)N1CCCCC1. The molecule has 1 unspecified atom stereocenters. The number of carbonyl (C=O) groups is 1. The molecule has 36 heavy (non-hydrogen) atoms. The number of carbonyl (C=O) groups excluding carboxylic acids is 1. The van der Waals surface area contributed by atoms with E-state index in [1.165, 1.54) is 36.0 Å². The van der Waals surface area contributed by atoms with Crippen molar-refractivity contribution in [3.05, 3.63) is 58.7 Å². The van der Waals surface area contributed by atoms with Crippen molar-refractivity contribution in [3.63, 3.8) is 0 Å². The smallest absolute Gasteiger partial charge is 0.156 e. The number of benzene rings is 1. The van der Waals surface area contributed by atoms with Crippen molar-refractivity contribution in [2.24, 2.45) is 17.3 Å². The first-order valence-electron chi connectivity index (χ1n) is 14.5. The highest BCUT2D eigenvalue weighted by molar-refractivity contribution is 5.93. The molecule has 1 saturated heterocycles. The second-order valence-corrected chi connectivity index (χ2v) is 12.3. The Kier molecular flexibility index (Phi) is 6.47. The fourth-order valence-electron chi connectivity index (χ4n) is 8.30. The zero-order valence-corrected chi connectivity index (χ0v) is 21.9. The lowest BCUT2D eigenvalue weighted by Gasteiger charge is -2.50. The van der Waals surface area contributed by atoms with Crippen LogP contribution in [0.1, 0.15) is 83.1 Å². The molecule has 5 atom stereocenters. The number of rotatable bonds is 3. The number of nitrogens with zero attached hydrogens (tertiary/aromatic N) is 1. The third-order valence-electron chi connectivity index (χ3n) is 10.4. The molecule has 0 spiro atoms. The van der Waals surface area contributed by atoms with Crippen LogP contribution in [0.4, 0.5) is 0 Å². The summed E-state index contributed by atoms with van der Waals surface area (Å²) in [4.78, 5) is 14.6. The van der Waals surface area contributed by atoms with Gasteiger partial charge < -0.3 is 5.11 Å². The molecule has 0 amide bonds.